The van der Waals surface area contributed by atoms with Gasteiger partial charge in [0.15, 0.2) is 0 Å². The van der Waals surface area contributed by atoms with Crippen molar-refractivity contribution in [3.8, 4) is 11.1 Å². The highest BCUT2D eigenvalue weighted by Crippen LogP contribution is 2.33. The highest BCUT2D eigenvalue weighted by atomic mass is 32.1. The van der Waals surface area contributed by atoms with Crippen LogP contribution in [-0.4, -0.2) is 11.2 Å². The minimum Gasteiger partial charge on any atom is -0.326 e. The summed E-state index contributed by atoms with van der Waals surface area (Å²) in [7, 11) is 0. The number of hydrogen-bond acceptors (Lipinski definition) is 3. The van der Waals surface area contributed by atoms with E-state index in [0.29, 0.717) is 12.1 Å². The molecule has 1 aliphatic rings. The molecule has 0 spiro atoms. The standard InChI is InChI=1S/C20H17NOS/c21-12-17-11-15(14-5-2-1-3-6-14)9-10-18(17)20-16(13-22)7-4-8-19(20)23/h1-11,13,20H,12,21H2. The lowest BCUT2D eigenvalue weighted by Crippen LogP contribution is -2.17. The third-order valence-corrected chi connectivity index (χ3v) is 4.46. The molecular weight excluding hydrogens is 302 g/mol. The van der Waals surface area contributed by atoms with Crippen LogP contribution in [0.15, 0.2) is 72.3 Å². The largest absolute Gasteiger partial charge is 0.326 e. The summed E-state index contributed by atoms with van der Waals surface area (Å²) in [5, 5.41) is 0. The van der Waals surface area contributed by atoms with Crippen molar-refractivity contribution in [1.82, 2.24) is 0 Å². The summed E-state index contributed by atoms with van der Waals surface area (Å²) in [5.74, 6) is -0.184. The zero-order valence-corrected chi connectivity index (χ0v) is 13.4. The van der Waals surface area contributed by atoms with Gasteiger partial charge < -0.3 is 5.73 Å². The second kappa shape index (κ2) is 6.82. The van der Waals surface area contributed by atoms with Crippen molar-refractivity contribution in [2.75, 3.05) is 0 Å². The molecule has 2 N–H and O–H groups in total. The van der Waals surface area contributed by atoms with E-state index in [2.05, 4.69) is 24.3 Å². The third kappa shape index (κ3) is 3.07. The van der Waals surface area contributed by atoms with E-state index < -0.39 is 0 Å². The van der Waals surface area contributed by atoms with Crippen LogP contribution in [0.25, 0.3) is 11.1 Å². The second-order valence-corrected chi connectivity index (χ2v) is 5.93. The van der Waals surface area contributed by atoms with Gasteiger partial charge in [0.2, 0.25) is 0 Å². The van der Waals surface area contributed by atoms with Gasteiger partial charge in [0.25, 0.3) is 0 Å². The number of thiocarbonyl (C=S) groups is 1. The Balaban J connectivity index is 2.07. The van der Waals surface area contributed by atoms with Gasteiger partial charge in [-0.2, -0.15) is 0 Å². The molecule has 0 aromatic heterocycles. The first-order valence-corrected chi connectivity index (χ1v) is 7.91. The van der Waals surface area contributed by atoms with Gasteiger partial charge in [-0.15, -0.1) is 0 Å². The van der Waals surface area contributed by atoms with E-state index in [4.69, 9.17) is 18.0 Å². The fraction of sp³-hybridized carbons (Fsp3) is 0.100. The van der Waals surface area contributed by atoms with Gasteiger partial charge in [0.05, 0.1) is 0 Å². The topological polar surface area (TPSA) is 43.1 Å². The van der Waals surface area contributed by atoms with E-state index in [9.17, 15) is 4.79 Å². The molecule has 23 heavy (non-hydrogen) atoms. The zero-order valence-electron chi connectivity index (χ0n) is 12.6. The van der Waals surface area contributed by atoms with Gasteiger partial charge in [-0.05, 0) is 34.4 Å². The number of carbonyl (C=O) groups excluding carboxylic acids is 1. The van der Waals surface area contributed by atoms with Crippen LogP contribution >= 0.6 is 12.2 Å². The number of allylic oxidation sites excluding steroid dienone is 4. The number of hydrogen-bond donors (Lipinski definition) is 1. The molecule has 3 rings (SSSR count). The van der Waals surface area contributed by atoms with E-state index in [1.54, 1.807) is 0 Å². The molecule has 0 saturated carbocycles. The minimum absolute atomic E-state index is 0.184. The van der Waals surface area contributed by atoms with Gasteiger partial charge in [-0.1, -0.05) is 66.8 Å². The maximum Gasteiger partial charge on any atom is 0.147 e. The molecule has 2 aromatic carbocycles. The Morgan fingerprint density at radius 2 is 1.87 bits per heavy atom. The Kier molecular flexibility index (Phi) is 4.60. The maximum absolute atomic E-state index is 11.4. The number of benzene rings is 2. The van der Waals surface area contributed by atoms with E-state index in [-0.39, 0.29) is 5.92 Å². The Morgan fingerprint density at radius 3 is 2.57 bits per heavy atom. The van der Waals surface area contributed by atoms with Crippen LogP contribution in [0.4, 0.5) is 0 Å². The zero-order chi connectivity index (χ0) is 16.2. The number of nitrogens with two attached hydrogens (primary N) is 1. The predicted molar refractivity (Wildman–Crippen MR) is 98.4 cm³/mol. The van der Waals surface area contributed by atoms with Crippen molar-refractivity contribution in [1.29, 1.82) is 0 Å². The lowest BCUT2D eigenvalue weighted by Gasteiger charge is -2.22. The first kappa shape index (κ1) is 15.5. The summed E-state index contributed by atoms with van der Waals surface area (Å²) in [6.45, 7) is 0.408. The van der Waals surface area contributed by atoms with E-state index in [1.807, 2.05) is 42.5 Å². The maximum atomic E-state index is 11.4. The molecule has 114 valence electrons. The smallest absolute Gasteiger partial charge is 0.147 e. The van der Waals surface area contributed by atoms with E-state index >= 15 is 0 Å². The summed E-state index contributed by atoms with van der Waals surface area (Å²) >= 11 is 5.46. The second-order valence-electron chi connectivity index (χ2n) is 5.46. The fourth-order valence-corrected chi connectivity index (χ4v) is 3.27. The minimum atomic E-state index is -0.184. The monoisotopic (exact) mass is 319 g/mol. The number of carbonyl (C=O) groups is 1. The van der Waals surface area contributed by atoms with Crippen molar-refractivity contribution in [3.05, 3.63) is 83.5 Å². The van der Waals surface area contributed by atoms with Crippen LogP contribution in [0.2, 0.25) is 0 Å². The van der Waals surface area contributed by atoms with Crippen molar-refractivity contribution in [2.45, 2.75) is 12.5 Å². The number of rotatable bonds is 4. The molecule has 0 aliphatic heterocycles. The van der Waals surface area contributed by atoms with Gasteiger partial charge in [-0.3, -0.25) is 4.79 Å². The van der Waals surface area contributed by atoms with Crippen LogP contribution in [0.5, 0.6) is 0 Å². The molecule has 0 saturated heterocycles. The van der Waals surface area contributed by atoms with Crippen LogP contribution in [0.3, 0.4) is 0 Å². The Bertz CT molecular complexity index is 806. The molecule has 1 unspecified atom stereocenters. The average molecular weight is 319 g/mol. The predicted octanol–water partition coefficient (Wildman–Crippen LogP) is 3.96. The van der Waals surface area contributed by atoms with E-state index in [0.717, 1.165) is 33.4 Å². The van der Waals surface area contributed by atoms with Crippen molar-refractivity contribution in [3.63, 3.8) is 0 Å². The summed E-state index contributed by atoms with van der Waals surface area (Å²) < 4.78 is 0. The summed E-state index contributed by atoms with van der Waals surface area (Å²) in [5.41, 5.74) is 10.9. The van der Waals surface area contributed by atoms with Crippen molar-refractivity contribution in [2.24, 2.45) is 5.73 Å². The molecular formula is C20H17NOS. The highest BCUT2D eigenvalue weighted by Gasteiger charge is 2.24. The first-order chi connectivity index (χ1) is 11.2. The van der Waals surface area contributed by atoms with Gasteiger partial charge >= 0.3 is 0 Å². The molecule has 2 nitrogen and oxygen atoms in total. The highest BCUT2D eigenvalue weighted by molar-refractivity contribution is 7.80. The quantitative estimate of drug-likeness (QED) is 0.685. The molecule has 0 heterocycles. The summed E-state index contributed by atoms with van der Waals surface area (Å²) in [4.78, 5) is 12.1. The third-order valence-electron chi connectivity index (χ3n) is 4.08. The molecule has 2 aromatic rings. The first-order valence-electron chi connectivity index (χ1n) is 7.50. The van der Waals surface area contributed by atoms with Gasteiger partial charge in [0.1, 0.15) is 6.29 Å². The SMILES string of the molecule is NCc1cc(-c2ccccc2)ccc1C1C(=S)C=CC=C1C=O. The molecule has 1 aliphatic carbocycles. The molecule has 0 fully saturated rings. The number of aldehydes is 1. The van der Waals surface area contributed by atoms with Gasteiger partial charge in [-0.25, -0.2) is 0 Å². The Hall–Kier alpha value is -2.36. The molecule has 0 radical (unpaired) electrons. The van der Waals surface area contributed by atoms with Gasteiger partial charge in [0, 0.05) is 22.9 Å². The van der Waals surface area contributed by atoms with Crippen LogP contribution in [0, 0.1) is 0 Å². The fourth-order valence-electron chi connectivity index (χ4n) is 2.93. The Morgan fingerprint density at radius 1 is 1.09 bits per heavy atom. The average Bonchev–Trinajstić information content (AvgIpc) is 2.61. The molecule has 3 heteroatoms. The molecule has 0 bridgehead atoms. The summed E-state index contributed by atoms with van der Waals surface area (Å²) in [6.07, 6.45) is 6.40. The lowest BCUT2D eigenvalue weighted by molar-refractivity contribution is -0.105. The molecule has 1 atom stereocenters. The van der Waals surface area contributed by atoms with Crippen molar-refractivity contribution >= 4 is 23.4 Å². The van der Waals surface area contributed by atoms with Crippen LogP contribution in [0.1, 0.15) is 17.0 Å². The van der Waals surface area contributed by atoms with Crippen LogP contribution in [-0.2, 0) is 11.3 Å². The van der Waals surface area contributed by atoms with Crippen molar-refractivity contribution < 1.29 is 4.79 Å². The molecule has 0 amide bonds. The van der Waals surface area contributed by atoms with Crippen LogP contribution < -0.4 is 5.73 Å². The lowest BCUT2D eigenvalue weighted by atomic mass is 9.82. The Labute approximate surface area is 141 Å². The normalized spacial score (nSPS) is 17.0. The van der Waals surface area contributed by atoms with E-state index in [1.165, 1.54) is 0 Å². The summed E-state index contributed by atoms with van der Waals surface area (Å²) in [6, 6.07) is 16.4.